The summed E-state index contributed by atoms with van der Waals surface area (Å²) >= 11 is 5.78. The number of amides is 1. The van der Waals surface area contributed by atoms with Crippen LogP contribution in [0.3, 0.4) is 0 Å². The Morgan fingerprint density at radius 3 is 2.62 bits per heavy atom. The molecule has 0 spiro atoms. The topological polar surface area (TPSA) is 92.5 Å². The number of benzene rings is 1. The van der Waals surface area contributed by atoms with Gasteiger partial charge in [-0.3, -0.25) is 14.9 Å². The number of halogens is 1. The Morgan fingerprint density at radius 2 is 2.05 bits per heavy atom. The molecule has 6 nitrogen and oxygen atoms in total. The molecule has 0 aliphatic heterocycles. The summed E-state index contributed by atoms with van der Waals surface area (Å²) in [6.45, 7) is 0.542. The molecule has 2 N–H and O–H groups in total. The van der Waals surface area contributed by atoms with E-state index >= 15 is 0 Å². The third-order valence-corrected chi connectivity index (χ3v) is 4.08. The van der Waals surface area contributed by atoms with Gasteiger partial charge in [-0.1, -0.05) is 11.6 Å². The lowest BCUT2D eigenvalue weighted by atomic mass is 9.87. The first kappa shape index (κ1) is 15.7. The standard InChI is InChI=1S/C14H17ClN2O4/c15-12-7-10(3-6-13(12)17(20)21)14(19)16-8-9-1-4-11(18)5-2-9/h3,6-7,9,11,18H,1-2,4-5,8H2,(H,16,19). The van der Waals surface area contributed by atoms with Crippen molar-refractivity contribution in [2.75, 3.05) is 6.54 Å². The molecule has 0 unspecified atom stereocenters. The van der Waals surface area contributed by atoms with Crippen LogP contribution in [0, 0.1) is 16.0 Å². The second kappa shape index (κ2) is 6.87. The number of nitro groups is 1. The lowest BCUT2D eigenvalue weighted by molar-refractivity contribution is -0.384. The van der Waals surface area contributed by atoms with Gasteiger partial charge in [0.05, 0.1) is 11.0 Å². The van der Waals surface area contributed by atoms with E-state index < -0.39 is 4.92 Å². The zero-order valence-corrected chi connectivity index (χ0v) is 12.2. The van der Waals surface area contributed by atoms with Gasteiger partial charge < -0.3 is 10.4 Å². The second-order valence-corrected chi connectivity index (χ2v) is 5.72. The third-order valence-electron chi connectivity index (χ3n) is 3.77. The predicted molar refractivity (Wildman–Crippen MR) is 78.4 cm³/mol. The monoisotopic (exact) mass is 312 g/mol. The first-order chi connectivity index (χ1) is 9.97. The minimum Gasteiger partial charge on any atom is -0.393 e. The molecular weight excluding hydrogens is 296 g/mol. The number of nitrogens with one attached hydrogen (secondary N) is 1. The van der Waals surface area contributed by atoms with Gasteiger partial charge in [-0.2, -0.15) is 0 Å². The number of hydrogen-bond acceptors (Lipinski definition) is 4. The Hall–Kier alpha value is -1.66. The summed E-state index contributed by atoms with van der Waals surface area (Å²) in [6.07, 6.45) is 3.10. The molecule has 2 rings (SSSR count). The maximum Gasteiger partial charge on any atom is 0.287 e. The molecule has 1 aromatic rings. The van der Waals surface area contributed by atoms with Crippen molar-refractivity contribution < 1.29 is 14.8 Å². The fourth-order valence-electron chi connectivity index (χ4n) is 2.48. The Bertz CT molecular complexity index is 542. The highest BCUT2D eigenvalue weighted by molar-refractivity contribution is 6.33. The van der Waals surface area contributed by atoms with Gasteiger partial charge in [0, 0.05) is 18.2 Å². The molecule has 1 aromatic carbocycles. The van der Waals surface area contributed by atoms with Crippen LogP contribution in [0.15, 0.2) is 18.2 Å². The molecule has 7 heteroatoms. The zero-order valence-electron chi connectivity index (χ0n) is 11.4. The van der Waals surface area contributed by atoms with E-state index in [1.807, 2.05) is 0 Å². The van der Waals surface area contributed by atoms with Crippen LogP contribution in [-0.2, 0) is 0 Å². The van der Waals surface area contributed by atoms with Crippen molar-refractivity contribution in [2.45, 2.75) is 31.8 Å². The summed E-state index contributed by atoms with van der Waals surface area (Å²) in [4.78, 5) is 22.1. The molecule has 0 radical (unpaired) electrons. The van der Waals surface area contributed by atoms with Crippen LogP contribution in [0.25, 0.3) is 0 Å². The van der Waals surface area contributed by atoms with Crippen LogP contribution in [-0.4, -0.2) is 28.6 Å². The molecule has 1 saturated carbocycles. The van der Waals surface area contributed by atoms with Crippen LogP contribution in [0.1, 0.15) is 36.0 Å². The fourth-order valence-corrected chi connectivity index (χ4v) is 2.73. The average molecular weight is 313 g/mol. The fraction of sp³-hybridized carbons (Fsp3) is 0.500. The Balaban J connectivity index is 1.91. The van der Waals surface area contributed by atoms with Crippen molar-refractivity contribution in [3.05, 3.63) is 38.9 Å². The van der Waals surface area contributed by atoms with E-state index in [0.717, 1.165) is 25.7 Å². The Kier molecular flexibility index (Phi) is 5.14. The van der Waals surface area contributed by atoms with Crippen molar-refractivity contribution in [1.29, 1.82) is 0 Å². The normalized spacial score (nSPS) is 21.8. The van der Waals surface area contributed by atoms with Crippen molar-refractivity contribution in [3.63, 3.8) is 0 Å². The molecule has 0 aromatic heterocycles. The van der Waals surface area contributed by atoms with E-state index in [2.05, 4.69) is 5.32 Å². The van der Waals surface area contributed by atoms with E-state index in [1.165, 1.54) is 18.2 Å². The van der Waals surface area contributed by atoms with E-state index in [4.69, 9.17) is 11.6 Å². The number of hydrogen-bond donors (Lipinski definition) is 2. The average Bonchev–Trinajstić information content (AvgIpc) is 2.45. The van der Waals surface area contributed by atoms with Crippen LogP contribution in [0.4, 0.5) is 5.69 Å². The molecule has 0 saturated heterocycles. The van der Waals surface area contributed by atoms with Crippen molar-refractivity contribution in [1.82, 2.24) is 5.32 Å². The highest BCUT2D eigenvalue weighted by Crippen LogP contribution is 2.26. The summed E-state index contributed by atoms with van der Waals surface area (Å²) in [5, 5.41) is 22.9. The summed E-state index contributed by atoms with van der Waals surface area (Å²) in [5.74, 6) is 0.0730. The molecular formula is C14H17ClN2O4. The minimum atomic E-state index is -0.586. The lowest BCUT2D eigenvalue weighted by Crippen LogP contribution is -2.32. The summed E-state index contributed by atoms with van der Waals surface area (Å²) in [5.41, 5.74) is 0.0935. The number of carbonyl (C=O) groups is 1. The van der Waals surface area contributed by atoms with Gasteiger partial charge >= 0.3 is 0 Å². The zero-order chi connectivity index (χ0) is 15.4. The van der Waals surface area contributed by atoms with Gasteiger partial charge in [0.15, 0.2) is 0 Å². The molecule has 21 heavy (non-hydrogen) atoms. The van der Waals surface area contributed by atoms with E-state index in [9.17, 15) is 20.0 Å². The first-order valence-electron chi connectivity index (χ1n) is 6.87. The number of carbonyl (C=O) groups excluding carboxylic acids is 1. The summed E-state index contributed by atoms with van der Waals surface area (Å²) < 4.78 is 0. The van der Waals surface area contributed by atoms with Crippen LogP contribution in [0.2, 0.25) is 5.02 Å². The van der Waals surface area contributed by atoms with Gasteiger partial charge in [-0.25, -0.2) is 0 Å². The Labute approximate surface area is 127 Å². The van der Waals surface area contributed by atoms with Gasteiger partial charge in [-0.05, 0) is 43.7 Å². The molecule has 0 bridgehead atoms. The number of nitro benzene ring substituents is 1. The molecule has 1 amide bonds. The molecule has 0 atom stereocenters. The quantitative estimate of drug-likeness (QED) is 0.660. The van der Waals surface area contributed by atoms with Crippen molar-refractivity contribution in [3.8, 4) is 0 Å². The number of nitrogens with zero attached hydrogens (tertiary/aromatic N) is 1. The minimum absolute atomic E-state index is 0.0477. The smallest absolute Gasteiger partial charge is 0.287 e. The number of aliphatic hydroxyl groups excluding tert-OH is 1. The van der Waals surface area contributed by atoms with Gasteiger partial charge in [-0.15, -0.1) is 0 Å². The van der Waals surface area contributed by atoms with E-state index in [0.29, 0.717) is 18.0 Å². The van der Waals surface area contributed by atoms with Crippen LogP contribution in [0.5, 0.6) is 0 Å². The summed E-state index contributed by atoms with van der Waals surface area (Å²) in [6, 6.07) is 3.93. The third kappa shape index (κ3) is 4.15. The van der Waals surface area contributed by atoms with Crippen LogP contribution >= 0.6 is 11.6 Å². The maximum atomic E-state index is 12.0. The number of aliphatic hydroxyl groups is 1. The lowest BCUT2D eigenvalue weighted by Gasteiger charge is -2.25. The van der Waals surface area contributed by atoms with Crippen molar-refractivity contribution in [2.24, 2.45) is 5.92 Å². The largest absolute Gasteiger partial charge is 0.393 e. The van der Waals surface area contributed by atoms with E-state index in [1.54, 1.807) is 0 Å². The molecule has 0 heterocycles. The number of rotatable bonds is 4. The van der Waals surface area contributed by atoms with Gasteiger partial charge in [0.25, 0.3) is 11.6 Å². The molecule has 1 aliphatic carbocycles. The van der Waals surface area contributed by atoms with Gasteiger partial charge in [0.1, 0.15) is 5.02 Å². The highest BCUT2D eigenvalue weighted by Gasteiger charge is 2.20. The van der Waals surface area contributed by atoms with E-state index in [-0.39, 0.29) is 22.7 Å². The second-order valence-electron chi connectivity index (χ2n) is 5.31. The highest BCUT2D eigenvalue weighted by atomic mass is 35.5. The predicted octanol–water partition coefficient (Wildman–Crippen LogP) is 2.53. The van der Waals surface area contributed by atoms with Crippen LogP contribution < -0.4 is 5.32 Å². The first-order valence-corrected chi connectivity index (χ1v) is 7.25. The summed E-state index contributed by atoms with van der Waals surface area (Å²) in [7, 11) is 0. The molecule has 1 aliphatic rings. The molecule has 114 valence electrons. The van der Waals surface area contributed by atoms with Crippen molar-refractivity contribution >= 4 is 23.2 Å². The SMILES string of the molecule is O=C(NCC1CCC(O)CC1)c1ccc([N+](=O)[O-])c(Cl)c1. The van der Waals surface area contributed by atoms with Gasteiger partial charge in [0.2, 0.25) is 0 Å². The maximum absolute atomic E-state index is 12.0. The molecule has 1 fully saturated rings. The Morgan fingerprint density at radius 1 is 1.38 bits per heavy atom.